The van der Waals surface area contributed by atoms with E-state index in [0.29, 0.717) is 32.2 Å². The number of ether oxygens (including phenoxy) is 1. The SMILES string of the molecule is CCCN(CC1CCNCC1)S(=O)(=O)CCOCC. The third kappa shape index (κ3) is 6.21. The highest BCUT2D eigenvalue weighted by Gasteiger charge is 2.25. The average Bonchev–Trinajstić information content (AvgIpc) is 2.39. The summed E-state index contributed by atoms with van der Waals surface area (Å²) >= 11 is 0. The third-order valence-corrected chi connectivity index (χ3v) is 5.28. The zero-order valence-electron chi connectivity index (χ0n) is 12.2. The molecule has 0 radical (unpaired) electrons. The van der Waals surface area contributed by atoms with Crippen molar-refractivity contribution in [3.05, 3.63) is 0 Å². The smallest absolute Gasteiger partial charge is 0.216 e. The van der Waals surface area contributed by atoms with Crippen molar-refractivity contribution >= 4 is 10.0 Å². The van der Waals surface area contributed by atoms with Gasteiger partial charge in [-0.3, -0.25) is 0 Å². The van der Waals surface area contributed by atoms with Gasteiger partial charge in [-0.1, -0.05) is 6.92 Å². The summed E-state index contributed by atoms with van der Waals surface area (Å²) in [5, 5.41) is 3.31. The molecule has 0 aliphatic carbocycles. The van der Waals surface area contributed by atoms with Crippen molar-refractivity contribution in [3.8, 4) is 0 Å². The number of nitrogens with zero attached hydrogens (tertiary/aromatic N) is 1. The van der Waals surface area contributed by atoms with Crippen LogP contribution < -0.4 is 5.32 Å². The van der Waals surface area contributed by atoms with E-state index in [1.54, 1.807) is 4.31 Å². The van der Waals surface area contributed by atoms with Gasteiger partial charge in [-0.15, -0.1) is 0 Å². The van der Waals surface area contributed by atoms with Gasteiger partial charge in [0.25, 0.3) is 0 Å². The molecular weight excluding hydrogens is 264 g/mol. The maximum Gasteiger partial charge on any atom is 0.216 e. The van der Waals surface area contributed by atoms with E-state index in [1.807, 2.05) is 13.8 Å². The van der Waals surface area contributed by atoms with E-state index in [0.717, 1.165) is 32.4 Å². The molecule has 0 aromatic carbocycles. The van der Waals surface area contributed by atoms with Crippen LogP contribution in [0.1, 0.15) is 33.1 Å². The van der Waals surface area contributed by atoms with Gasteiger partial charge in [-0.2, -0.15) is 0 Å². The summed E-state index contributed by atoms with van der Waals surface area (Å²) in [6, 6.07) is 0. The van der Waals surface area contributed by atoms with Crippen molar-refractivity contribution in [2.45, 2.75) is 33.1 Å². The fourth-order valence-electron chi connectivity index (χ4n) is 2.38. The lowest BCUT2D eigenvalue weighted by molar-refractivity contribution is 0.162. The molecule has 19 heavy (non-hydrogen) atoms. The fourth-order valence-corrected chi connectivity index (χ4v) is 3.87. The van der Waals surface area contributed by atoms with Crippen LogP contribution in [-0.4, -0.2) is 57.9 Å². The Balaban J connectivity index is 2.53. The van der Waals surface area contributed by atoms with Crippen LogP contribution in [0.5, 0.6) is 0 Å². The summed E-state index contributed by atoms with van der Waals surface area (Å²) in [5.74, 6) is 0.598. The molecule has 1 heterocycles. The van der Waals surface area contributed by atoms with Crippen molar-refractivity contribution in [1.82, 2.24) is 9.62 Å². The molecule has 0 saturated carbocycles. The van der Waals surface area contributed by atoms with Crippen molar-refractivity contribution < 1.29 is 13.2 Å². The van der Waals surface area contributed by atoms with Gasteiger partial charge in [0.2, 0.25) is 10.0 Å². The van der Waals surface area contributed by atoms with Gasteiger partial charge >= 0.3 is 0 Å². The van der Waals surface area contributed by atoms with Crippen LogP contribution in [0.15, 0.2) is 0 Å². The molecule has 0 spiro atoms. The topological polar surface area (TPSA) is 58.6 Å². The Kier molecular flexibility index (Phi) is 7.90. The zero-order valence-corrected chi connectivity index (χ0v) is 13.0. The molecule has 0 atom stereocenters. The highest BCUT2D eigenvalue weighted by Crippen LogP contribution is 2.16. The summed E-state index contributed by atoms with van der Waals surface area (Å²) in [4.78, 5) is 0. The van der Waals surface area contributed by atoms with Gasteiger partial charge in [0.05, 0.1) is 12.4 Å². The van der Waals surface area contributed by atoms with E-state index in [4.69, 9.17) is 4.74 Å². The van der Waals surface area contributed by atoms with Gasteiger partial charge in [0.1, 0.15) is 0 Å². The van der Waals surface area contributed by atoms with Crippen molar-refractivity contribution in [2.24, 2.45) is 5.92 Å². The van der Waals surface area contributed by atoms with Gasteiger partial charge < -0.3 is 10.1 Å². The predicted molar refractivity (Wildman–Crippen MR) is 77.7 cm³/mol. The predicted octanol–water partition coefficient (Wildman–Crippen LogP) is 1.06. The second-order valence-corrected chi connectivity index (χ2v) is 7.15. The van der Waals surface area contributed by atoms with Gasteiger partial charge in [-0.05, 0) is 45.2 Å². The number of hydrogen-bond acceptors (Lipinski definition) is 4. The monoisotopic (exact) mass is 292 g/mol. The standard InChI is InChI=1S/C13H28N2O3S/c1-3-9-15(12-13-5-7-14-8-6-13)19(16,17)11-10-18-4-2/h13-14H,3-12H2,1-2H3. The minimum absolute atomic E-state index is 0.103. The summed E-state index contributed by atoms with van der Waals surface area (Å²) in [7, 11) is -3.17. The number of rotatable bonds is 9. The van der Waals surface area contributed by atoms with E-state index >= 15 is 0 Å². The highest BCUT2D eigenvalue weighted by molar-refractivity contribution is 7.89. The quantitative estimate of drug-likeness (QED) is 0.646. The minimum atomic E-state index is -3.17. The lowest BCUT2D eigenvalue weighted by Gasteiger charge is -2.29. The van der Waals surface area contributed by atoms with E-state index in [-0.39, 0.29) is 5.75 Å². The van der Waals surface area contributed by atoms with Crippen LogP contribution in [0.4, 0.5) is 0 Å². The molecule has 1 fully saturated rings. The number of sulfonamides is 1. The zero-order chi connectivity index (χ0) is 14.1. The molecule has 1 N–H and O–H groups in total. The van der Waals surface area contributed by atoms with Crippen molar-refractivity contribution in [1.29, 1.82) is 0 Å². The molecule has 0 bridgehead atoms. The molecule has 0 aromatic rings. The molecule has 1 rings (SSSR count). The Morgan fingerprint density at radius 2 is 1.95 bits per heavy atom. The molecular formula is C13H28N2O3S. The molecule has 5 nitrogen and oxygen atoms in total. The Morgan fingerprint density at radius 3 is 2.53 bits per heavy atom. The van der Waals surface area contributed by atoms with E-state index < -0.39 is 10.0 Å². The van der Waals surface area contributed by atoms with Crippen LogP contribution in [0.2, 0.25) is 0 Å². The summed E-state index contributed by atoms with van der Waals surface area (Å²) < 4.78 is 31.4. The number of nitrogens with one attached hydrogen (secondary N) is 1. The first-order valence-electron chi connectivity index (χ1n) is 7.36. The van der Waals surface area contributed by atoms with Crippen LogP contribution >= 0.6 is 0 Å². The average molecular weight is 292 g/mol. The maximum atomic E-state index is 12.3. The van der Waals surface area contributed by atoms with Crippen LogP contribution in [0.25, 0.3) is 0 Å². The van der Waals surface area contributed by atoms with E-state index in [9.17, 15) is 8.42 Å². The van der Waals surface area contributed by atoms with Crippen molar-refractivity contribution in [2.75, 3.05) is 45.1 Å². The molecule has 1 aliphatic rings. The maximum absolute atomic E-state index is 12.3. The van der Waals surface area contributed by atoms with Crippen molar-refractivity contribution in [3.63, 3.8) is 0 Å². The first-order valence-corrected chi connectivity index (χ1v) is 8.97. The molecule has 1 aliphatic heterocycles. The van der Waals surface area contributed by atoms with Crippen LogP contribution in [-0.2, 0) is 14.8 Å². The van der Waals surface area contributed by atoms with Gasteiger partial charge in [0.15, 0.2) is 0 Å². The normalized spacial score (nSPS) is 18.1. The molecule has 114 valence electrons. The number of piperidine rings is 1. The Hall–Kier alpha value is -0.170. The summed E-state index contributed by atoms with van der Waals surface area (Å²) in [5.41, 5.74) is 0. The molecule has 6 heteroatoms. The first-order chi connectivity index (χ1) is 9.10. The lowest BCUT2D eigenvalue weighted by Crippen LogP contribution is -2.41. The molecule has 0 amide bonds. The molecule has 0 aromatic heterocycles. The summed E-state index contributed by atoms with van der Waals surface area (Å²) in [6.45, 7) is 8.07. The van der Waals surface area contributed by atoms with Gasteiger partial charge in [-0.25, -0.2) is 12.7 Å². The summed E-state index contributed by atoms with van der Waals surface area (Å²) in [6.07, 6.45) is 3.00. The Bertz CT molecular complexity index is 327. The molecule has 0 unspecified atom stereocenters. The second-order valence-electron chi connectivity index (χ2n) is 5.06. The Morgan fingerprint density at radius 1 is 1.26 bits per heavy atom. The largest absolute Gasteiger partial charge is 0.381 e. The first kappa shape index (κ1) is 16.9. The second kappa shape index (κ2) is 8.89. The van der Waals surface area contributed by atoms with Crippen LogP contribution in [0.3, 0.4) is 0 Å². The van der Waals surface area contributed by atoms with E-state index in [1.165, 1.54) is 0 Å². The highest BCUT2D eigenvalue weighted by atomic mass is 32.2. The minimum Gasteiger partial charge on any atom is -0.381 e. The third-order valence-electron chi connectivity index (χ3n) is 3.48. The van der Waals surface area contributed by atoms with Gasteiger partial charge in [0, 0.05) is 19.7 Å². The lowest BCUT2D eigenvalue weighted by atomic mass is 9.98. The van der Waals surface area contributed by atoms with Crippen LogP contribution in [0, 0.1) is 5.92 Å². The Labute approximate surface area is 117 Å². The van der Waals surface area contributed by atoms with E-state index in [2.05, 4.69) is 5.32 Å². The molecule has 1 saturated heterocycles. The number of hydrogen-bond donors (Lipinski definition) is 1. The fraction of sp³-hybridized carbons (Fsp3) is 1.00.